The summed E-state index contributed by atoms with van der Waals surface area (Å²) in [5.41, 5.74) is 1.18. The van der Waals surface area contributed by atoms with Gasteiger partial charge in [-0.25, -0.2) is 16.1 Å². The van der Waals surface area contributed by atoms with Crippen LogP contribution in [0.25, 0.3) is 21.7 Å². The topological polar surface area (TPSA) is 114 Å². The number of halogens is 2. The van der Waals surface area contributed by atoms with Crippen LogP contribution in [0, 0.1) is 6.57 Å². The Morgan fingerprint density at radius 2 is 2.04 bits per heavy atom. The third kappa shape index (κ3) is 6.82. The first-order valence-corrected chi connectivity index (χ1v) is 16.2. The number of carbonyl (C=O) groups is 2. The number of piperidine rings is 2. The van der Waals surface area contributed by atoms with Crippen LogP contribution < -0.4 is 10.1 Å². The molecule has 0 radical (unpaired) electrons. The quantitative estimate of drug-likeness (QED) is 0.208. The fourth-order valence-electron chi connectivity index (χ4n) is 6.13. The smallest absolute Gasteiger partial charge is 0.387 e. The molecule has 0 bridgehead atoms. The highest BCUT2D eigenvalue weighted by molar-refractivity contribution is 7.98. The molecule has 240 valence electrons. The van der Waals surface area contributed by atoms with Gasteiger partial charge in [0.05, 0.1) is 18.4 Å². The molecule has 0 unspecified atom stereocenters. The maximum Gasteiger partial charge on any atom is 0.387 e. The summed E-state index contributed by atoms with van der Waals surface area (Å²) in [6.07, 6.45) is 11.6. The Morgan fingerprint density at radius 1 is 1.22 bits per heavy atom. The molecule has 2 aliphatic heterocycles. The number of alkyl halides is 2. The zero-order valence-electron chi connectivity index (χ0n) is 25.2. The Kier molecular flexibility index (Phi) is 9.46. The molecule has 0 aliphatic carbocycles. The van der Waals surface area contributed by atoms with Gasteiger partial charge in [0.1, 0.15) is 23.6 Å². The van der Waals surface area contributed by atoms with E-state index in [-0.39, 0.29) is 46.8 Å². The van der Waals surface area contributed by atoms with Crippen molar-refractivity contribution < 1.29 is 23.1 Å². The number of hydrogen-bond donors (Lipinski definition) is 1. The summed E-state index contributed by atoms with van der Waals surface area (Å²) in [5, 5.41) is 11.6. The van der Waals surface area contributed by atoms with Crippen molar-refractivity contribution >= 4 is 34.9 Å². The lowest BCUT2D eigenvalue weighted by Gasteiger charge is -2.40. The van der Waals surface area contributed by atoms with Gasteiger partial charge in [-0.15, -0.1) is 11.8 Å². The number of rotatable bonds is 9. The molecule has 15 heteroatoms. The van der Waals surface area contributed by atoms with Crippen LogP contribution >= 0.6 is 11.8 Å². The summed E-state index contributed by atoms with van der Waals surface area (Å²) in [5.74, 6) is -0.784. The Balaban J connectivity index is 1.24. The van der Waals surface area contributed by atoms with E-state index in [1.165, 1.54) is 39.4 Å². The number of benzene rings is 1. The van der Waals surface area contributed by atoms with E-state index in [0.29, 0.717) is 24.8 Å². The molecule has 3 aromatic heterocycles. The Bertz CT molecular complexity index is 1760. The molecule has 0 spiro atoms. The molecule has 2 amide bonds. The summed E-state index contributed by atoms with van der Waals surface area (Å²) in [6.45, 7) is 7.16. The molecule has 2 fully saturated rings. The number of thioether (sulfide) groups is 1. The van der Waals surface area contributed by atoms with Crippen LogP contribution in [0.3, 0.4) is 0 Å². The molecule has 1 atom stereocenters. The molecular formula is C31H33F2N9O3S. The van der Waals surface area contributed by atoms with Gasteiger partial charge in [-0.3, -0.25) is 19.2 Å². The summed E-state index contributed by atoms with van der Waals surface area (Å²) < 4.78 is 34.5. The number of hydrogen-bond acceptors (Lipinski definition) is 8. The third-order valence-electron chi connectivity index (χ3n) is 8.43. The van der Waals surface area contributed by atoms with Crippen LogP contribution in [0.5, 0.6) is 5.75 Å². The van der Waals surface area contributed by atoms with Gasteiger partial charge < -0.3 is 19.8 Å². The SMILES string of the molecule is [C-]#[N+][C@H]1CCCN(C2CCN(C(=O)Cn3cc(NC(=O)c4cnn5cccnc45)c(-c4cc(SC)ccc4OC(F)F)n3)CC2)C1. The number of anilines is 1. The minimum atomic E-state index is -3.08. The van der Waals surface area contributed by atoms with Crippen molar-refractivity contribution in [1.29, 1.82) is 0 Å². The van der Waals surface area contributed by atoms with Crippen LogP contribution in [0.15, 0.2) is 53.9 Å². The predicted octanol–water partition coefficient (Wildman–Crippen LogP) is 4.54. The number of nitrogens with one attached hydrogen (secondary N) is 1. The van der Waals surface area contributed by atoms with Crippen LogP contribution in [-0.4, -0.2) is 97.1 Å². The average Bonchev–Trinajstić information content (AvgIpc) is 3.68. The van der Waals surface area contributed by atoms with E-state index < -0.39 is 12.5 Å². The number of carbonyl (C=O) groups excluding carboxylic acids is 2. The number of ether oxygens (including phenoxy) is 1. The van der Waals surface area contributed by atoms with Crippen LogP contribution in [-0.2, 0) is 11.3 Å². The highest BCUT2D eigenvalue weighted by Crippen LogP contribution is 2.38. The van der Waals surface area contributed by atoms with Gasteiger partial charge in [0.2, 0.25) is 11.9 Å². The molecule has 12 nitrogen and oxygen atoms in total. The molecule has 1 aromatic carbocycles. The van der Waals surface area contributed by atoms with Crippen LogP contribution in [0.4, 0.5) is 14.5 Å². The van der Waals surface area contributed by atoms with Crippen molar-refractivity contribution in [3.8, 4) is 17.0 Å². The standard InChI is InChI=1S/C31H33F2N9O3S/c1-34-20-5-3-11-40(17-20)21-8-13-39(14-9-21)27(43)19-41-18-25(37-30(44)24-16-36-42-12-4-10-35-29(24)42)28(38-41)23-15-22(46-2)6-7-26(23)45-31(32)33/h4,6-7,10,12,15-16,18,20-21,31H,3,5,8-9,11,13-14,17,19H2,2H3,(H,37,44)/t20-/m0/s1. The fourth-order valence-corrected chi connectivity index (χ4v) is 6.57. The largest absolute Gasteiger partial charge is 0.434 e. The van der Waals surface area contributed by atoms with Crippen LogP contribution in [0.2, 0.25) is 0 Å². The molecule has 1 N–H and O–H groups in total. The monoisotopic (exact) mass is 649 g/mol. The van der Waals surface area contributed by atoms with E-state index in [4.69, 9.17) is 11.3 Å². The maximum atomic E-state index is 13.5. The number of likely N-dealkylation sites (tertiary alicyclic amines) is 2. The second-order valence-electron chi connectivity index (χ2n) is 11.3. The van der Waals surface area contributed by atoms with Crippen molar-refractivity contribution in [2.24, 2.45) is 0 Å². The highest BCUT2D eigenvalue weighted by atomic mass is 32.2. The van der Waals surface area contributed by atoms with Gasteiger partial charge in [0.15, 0.2) is 5.65 Å². The van der Waals surface area contributed by atoms with Crippen molar-refractivity contribution in [2.75, 3.05) is 37.8 Å². The van der Waals surface area contributed by atoms with Gasteiger partial charge >= 0.3 is 6.61 Å². The number of fused-ring (bicyclic) bond motifs is 1. The summed E-state index contributed by atoms with van der Waals surface area (Å²) in [6, 6.07) is 6.83. The normalized spacial score (nSPS) is 17.7. The molecule has 2 aliphatic rings. The Hall–Kier alpha value is -4.55. The van der Waals surface area contributed by atoms with Crippen molar-refractivity contribution in [2.45, 2.75) is 55.8 Å². The number of nitrogens with zero attached hydrogens (tertiary/aromatic N) is 8. The fraction of sp³-hybridized carbons (Fsp3) is 0.419. The minimum absolute atomic E-state index is 0.0458. The lowest BCUT2D eigenvalue weighted by atomic mass is 9.98. The molecule has 0 saturated carbocycles. The van der Waals surface area contributed by atoms with E-state index in [2.05, 4.69) is 30.2 Å². The van der Waals surface area contributed by atoms with E-state index in [0.717, 1.165) is 43.7 Å². The minimum Gasteiger partial charge on any atom is -0.434 e. The number of amides is 2. The molecular weight excluding hydrogens is 616 g/mol. The van der Waals surface area contributed by atoms with E-state index in [9.17, 15) is 18.4 Å². The van der Waals surface area contributed by atoms with E-state index >= 15 is 0 Å². The van der Waals surface area contributed by atoms with Gasteiger partial charge in [-0.2, -0.15) is 19.0 Å². The van der Waals surface area contributed by atoms with Crippen LogP contribution in [0.1, 0.15) is 36.0 Å². The van der Waals surface area contributed by atoms with Gasteiger partial charge in [0, 0.05) is 54.6 Å². The van der Waals surface area contributed by atoms with Crippen molar-refractivity contribution in [3.63, 3.8) is 0 Å². The third-order valence-corrected chi connectivity index (χ3v) is 9.16. The first-order valence-electron chi connectivity index (χ1n) is 15.0. The lowest BCUT2D eigenvalue weighted by Crippen LogP contribution is -2.50. The molecule has 2 saturated heterocycles. The average molecular weight is 650 g/mol. The number of aromatic nitrogens is 5. The van der Waals surface area contributed by atoms with Gasteiger partial charge in [0.25, 0.3) is 5.91 Å². The summed E-state index contributed by atoms with van der Waals surface area (Å²) in [7, 11) is 0. The zero-order chi connectivity index (χ0) is 32.2. The summed E-state index contributed by atoms with van der Waals surface area (Å²) >= 11 is 1.41. The lowest BCUT2D eigenvalue weighted by molar-refractivity contribution is -0.133. The van der Waals surface area contributed by atoms with Crippen molar-refractivity contribution in [3.05, 3.63) is 66.0 Å². The Morgan fingerprint density at radius 3 is 2.80 bits per heavy atom. The van der Waals surface area contributed by atoms with Gasteiger partial charge in [-0.05, 0) is 56.3 Å². The second-order valence-corrected chi connectivity index (χ2v) is 12.1. The second kappa shape index (κ2) is 13.8. The van der Waals surface area contributed by atoms with Crippen molar-refractivity contribution in [1.82, 2.24) is 34.2 Å². The maximum absolute atomic E-state index is 13.5. The molecule has 46 heavy (non-hydrogen) atoms. The molecule has 4 aromatic rings. The predicted molar refractivity (Wildman–Crippen MR) is 168 cm³/mol. The van der Waals surface area contributed by atoms with E-state index in [1.54, 1.807) is 35.5 Å². The Labute approximate surface area is 268 Å². The highest BCUT2D eigenvalue weighted by Gasteiger charge is 2.32. The molecule has 6 rings (SSSR count). The molecule has 5 heterocycles. The van der Waals surface area contributed by atoms with Gasteiger partial charge in [-0.1, -0.05) is 0 Å². The summed E-state index contributed by atoms with van der Waals surface area (Å²) in [4.78, 5) is 39.8. The first-order chi connectivity index (χ1) is 22.3. The zero-order valence-corrected chi connectivity index (χ0v) is 26.0. The van der Waals surface area contributed by atoms with E-state index in [1.807, 2.05) is 6.26 Å². The first kappa shape index (κ1) is 31.4.